The molecule has 0 N–H and O–H groups in total. The molecule has 0 aliphatic heterocycles. The van der Waals surface area contributed by atoms with Gasteiger partial charge in [0, 0.05) is 30.1 Å². The SMILES string of the molecule is CC1CCC(C(C)(C)c2cncnc2)C(=O)C1. The summed E-state index contributed by atoms with van der Waals surface area (Å²) in [7, 11) is 0. The lowest BCUT2D eigenvalue weighted by Gasteiger charge is -2.37. The van der Waals surface area contributed by atoms with Gasteiger partial charge in [-0.2, -0.15) is 0 Å². The molecule has 1 saturated carbocycles. The largest absolute Gasteiger partial charge is 0.299 e. The highest BCUT2D eigenvalue weighted by Crippen LogP contribution is 2.39. The molecule has 1 aliphatic carbocycles. The van der Waals surface area contributed by atoms with Gasteiger partial charge in [-0.3, -0.25) is 4.79 Å². The molecule has 92 valence electrons. The second-order valence-electron chi connectivity index (χ2n) is 5.75. The Morgan fingerprint density at radius 2 is 1.88 bits per heavy atom. The summed E-state index contributed by atoms with van der Waals surface area (Å²) in [5.41, 5.74) is 0.909. The molecule has 2 unspecified atom stereocenters. The Morgan fingerprint density at radius 1 is 1.24 bits per heavy atom. The average Bonchev–Trinajstić information content (AvgIpc) is 2.29. The molecular weight excluding hydrogens is 212 g/mol. The maximum Gasteiger partial charge on any atom is 0.137 e. The van der Waals surface area contributed by atoms with Crippen molar-refractivity contribution in [3.63, 3.8) is 0 Å². The van der Waals surface area contributed by atoms with Crippen LogP contribution in [-0.4, -0.2) is 15.8 Å². The van der Waals surface area contributed by atoms with Crippen LogP contribution in [0.15, 0.2) is 18.7 Å². The van der Waals surface area contributed by atoms with Crippen molar-refractivity contribution in [3.05, 3.63) is 24.3 Å². The van der Waals surface area contributed by atoms with Gasteiger partial charge in [0.25, 0.3) is 0 Å². The van der Waals surface area contributed by atoms with Crippen LogP contribution in [0.25, 0.3) is 0 Å². The van der Waals surface area contributed by atoms with E-state index in [1.165, 1.54) is 6.33 Å². The van der Waals surface area contributed by atoms with Crippen LogP contribution in [0.3, 0.4) is 0 Å². The topological polar surface area (TPSA) is 42.9 Å². The van der Waals surface area contributed by atoms with Gasteiger partial charge in [0.05, 0.1) is 0 Å². The molecule has 17 heavy (non-hydrogen) atoms. The molecule has 3 heteroatoms. The van der Waals surface area contributed by atoms with Gasteiger partial charge in [-0.25, -0.2) is 9.97 Å². The molecular formula is C14H20N2O. The van der Waals surface area contributed by atoms with Crippen LogP contribution in [0, 0.1) is 11.8 Å². The predicted octanol–water partition coefficient (Wildman–Crippen LogP) is 2.76. The van der Waals surface area contributed by atoms with Crippen molar-refractivity contribution in [2.24, 2.45) is 11.8 Å². The van der Waals surface area contributed by atoms with E-state index in [-0.39, 0.29) is 11.3 Å². The third-order valence-electron chi connectivity index (χ3n) is 4.06. The van der Waals surface area contributed by atoms with Crippen LogP contribution in [0.2, 0.25) is 0 Å². The van der Waals surface area contributed by atoms with E-state index in [1.807, 2.05) is 12.4 Å². The van der Waals surface area contributed by atoms with Crippen molar-refractivity contribution in [2.45, 2.75) is 45.4 Å². The molecule has 0 saturated heterocycles. The van der Waals surface area contributed by atoms with Gasteiger partial charge < -0.3 is 0 Å². The minimum atomic E-state index is -0.154. The number of hydrogen-bond acceptors (Lipinski definition) is 3. The van der Waals surface area contributed by atoms with Crippen molar-refractivity contribution < 1.29 is 4.79 Å². The zero-order valence-electron chi connectivity index (χ0n) is 10.8. The van der Waals surface area contributed by atoms with Crippen LogP contribution in [0.4, 0.5) is 0 Å². The number of rotatable bonds is 2. The Morgan fingerprint density at radius 3 is 2.47 bits per heavy atom. The lowest BCUT2D eigenvalue weighted by atomic mass is 9.66. The van der Waals surface area contributed by atoms with Crippen molar-refractivity contribution >= 4 is 5.78 Å². The maximum absolute atomic E-state index is 12.2. The monoisotopic (exact) mass is 232 g/mol. The fraction of sp³-hybridized carbons (Fsp3) is 0.643. The summed E-state index contributed by atoms with van der Waals surface area (Å²) >= 11 is 0. The number of nitrogens with zero attached hydrogens (tertiary/aromatic N) is 2. The highest BCUT2D eigenvalue weighted by atomic mass is 16.1. The lowest BCUT2D eigenvalue weighted by Crippen LogP contribution is -2.38. The molecule has 1 fully saturated rings. The van der Waals surface area contributed by atoms with E-state index in [0.29, 0.717) is 11.7 Å². The molecule has 1 aromatic heterocycles. The Kier molecular flexibility index (Phi) is 3.27. The Balaban J connectivity index is 2.24. The van der Waals surface area contributed by atoms with Gasteiger partial charge in [0.15, 0.2) is 0 Å². The van der Waals surface area contributed by atoms with Gasteiger partial charge in [0.1, 0.15) is 12.1 Å². The summed E-state index contributed by atoms with van der Waals surface area (Å²) in [5.74, 6) is 1.06. The number of ketones is 1. The number of carbonyl (C=O) groups is 1. The molecule has 1 aliphatic rings. The van der Waals surface area contributed by atoms with Gasteiger partial charge in [-0.05, 0) is 24.3 Å². The Hall–Kier alpha value is -1.25. The number of carbonyl (C=O) groups excluding carboxylic acids is 1. The molecule has 0 spiro atoms. The zero-order valence-corrected chi connectivity index (χ0v) is 10.8. The van der Waals surface area contributed by atoms with Crippen molar-refractivity contribution in [1.82, 2.24) is 9.97 Å². The van der Waals surface area contributed by atoms with E-state index in [1.54, 1.807) is 0 Å². The maximum atomic E-state index is 12.2. The van der Waals surface area contributed by atoms with Crippen molar-refractivity contribution in [2.75, 3.05) is 0 Å². The summed E-state index contributed by atoms with van der Waals surface area (Å²) in [6, 6.07) is 0. The standard InChI is InChI=1S/C14H20N2O/c1-10-4-5-12(13(17)6-10)14(2,3)11-7-15-9-16-8-11/h7-10,12H,4-6H2,1-3H3. The van der Waals surface area contributed by atoms with Crippen molar-refractivity contribution in [1.29, 1.82) is 0 Å². The second kappa shape index (κ2) is 4.55. The van der Waals surface area contributed by atoms with Crippen LogP contribution < -0.4 is 0 Å². The quantitative estimate of drug-likeness (QED) is 0.787. The fourth-order valence-corrected chi connectivity index (χ4v) is 2.80. The first kappa shape index (κ1) is 12.2. The molecule has 0 aromatic carbocycles. The van der Waals surface area contributed by atoms with Crippen LogP contribution in [0.1, 0.15) is 45.6 Å². The minimum absolute atomic E-state index is 0.115. The summed E-state index contributed by atoms with van der Waals surface area (Å²) in [4.78, 5) is 20.3. The number of Topliss-reactive ketones (excluding diaryl/α,β-unsaturated/α-hetero) is 1. The van der Waals surface area contributed by atoms with Gasteiger partial charge in [0.2, 0.25) is 0 Å². The molecule has 0 bridgehead atoms. The first-order valence-electron chi connectivity index (χ1n) is 6.30. The molecule has 1 aromatic rings. The smallest absolute Gasteiger partial charge is 0.137 e. The number of aromatic nitrogens is 2. The first-order valence-corrected chi connectivity index (χ1v) is 6.30. The Labute approximate surface area is 103 Å². The van der Waals surface area contributed by atoms with Gasteiger partial charge >= 0.3 is 0 Å². The van der Waals surface area contributed by atoms with E-state index in [4.69, 9.17) is 0 Å². The molecule has 0 amide bonds. The number of hydrogen-bond donors (Lipinski definition) is 0. The third-order valence-corrected chi connectivity index (χ3v) is 4.06. The van der Waals surface area contributed by atoms with E-state index in [0.717, 1.165) is 24.8 Å². The van der Waals surface area contributed by atoms with Crippen LogP contribution in [0.5, 0.6) is 0 Å². The fourth-order valence-electron chi connectivity index (χ4n) is 2.80. The lowest BCUT2D eigenvalue weighted by molar-refractivity contribution is -0.128. The van der Waals surface area contributed by atoms with Crippen molar-refractivity contribution in [3.8, 4) is 0 Å². The first-order chi connectivity index (χ1) is 8.01. The third kappa shape index (κ3) is 2.38. The summed E-state index contributed by atoms with van der Waals surface area (Å²) in [6.45, 7) is 6.42. The molecule has 2 rings (SSSR count). The van der Waals surface area contributed by atoms with Crippen LogP contribution >= 0.6 is 0 Å². The van der Waals surface area contributed by atoms with Gasteiger partial charge in [-0.1, -0.05) is 20.8 Å². The highest BCUT2D eigenvalue weighted by molar-refractivity contribution is 5.83. The summed E-state index contributed by atoms with van der Waals surface area (Å²) < 4.78 is 0. The normalized spacial score (nSPS) is 25.9. The molecule has 0 radical (unpaired) electrons. The average molecular weight is 232 g/mol. The molecule has 2 atom stereocenters. The minimum Gasteiger partial charge on any atom is -0.299 e. The van der Waals surface area contributed by atoms with E-state index >= 15 is 0 Å². The van der Waals surface area contributed by atoms with Gasteiger partial charge in [-0.15, -0.1) is 0 Å². The highest BCUT2D eigenvalue weighted by Gasteiger charge is 2.39. The van der Waals surface area contributed by atoms with Crippen LogP contribution in [-0.2, 0) is 10.2 Å². The Bertz CT molecular complexity index is 400. The summed E-state index contributed by atoms with van der Waals surface area (Å²) in [6.07, 6.45) is 8.05. The van der Waals surface area contributed by atoms with E-state index in [2.05, 4.69) is 30.7 Å². The summed E-state index contributed by atoms with van der Waals surface area (Å²) in [5, 5.41) is 0. The predicted molar refractivity (Wildman–Crippen MR) is 66.6 cm³/mol. The molecule has 1 heterocycles. The van der Waals surface area contributed by atoms with E-state index < -0.39 is 0 Å². The van der Waals surface area contributed by atoms with E-state index in [9.17, 15) is 4.79 Å². The second-order valence-corrected chi connectivity index (χ2v) is 5.75. The molecule has 3 nitrogen and oxygen atoms in total. The zero-order chi connectivity index (χ0) is 12.5.